The fourth-order valence-electron chi connectivity index (χ4n) is 3.04. The van der Waals surface area contributed by atoms with Gasteiger partial charge in [-0.3, -0.25) is 4.79 Å². The number of carbonyl (C=O) groups is 1. The van der Waals surface area contributed by atoms with Crippen LogP contribution in [0.1, 0.15) is 21.5 Å². The number of nitrogens with one attached hydrogen (secondary N) is 1. The number of hydrogen-bond donors (Lipinski definition) is 1. The smallest absolute Gasteiger partial charge is 0.255 e. The Morgan fingerprint density at radius 3 is 2.36 bits per heavy atom. The van der Waals surface area contributed by atoms with Crippen LogP contribution in [0, 0.1) is 6.92 Å². The van der Waals surface area contributed by atoms with Crippen molar-refractivity contribution in [3.63, 3.8) is 0 Å². The Hall–Kier alpha value is -1.93. The highest BCUT2D eigenvalue weighted by Crippen LogP contribution is 2.21. The van der Waals surface area contributed by atoms with Gasteiger partial charge >= 0.3 is 0 Å². The molecule has 0 aliphatic carbocycles. The van der Waals surface area contributed by atoms with Crippen molar-refractivity contribution in [1.82, 2.24) is 9.21 Å². The van der Waals surface area contributed by atoms with Crippen LogP contribution >= 0.6 is 11.6 Å². The van der Waals surface area contributed by atoms with Gasteiger partial charge in [-0.15, -0.1) is 0 Å². The Bertz CT molecular complexity index is 953. The van der Waals surface area contributed by atoms with Gasteiger partial charge in [-0.2, -0.15) is 4.31 Å². The number of nitrogens with zero attached hydrogens (tertiary/aromatic N) is 2. The summed E-state index contributed by atoms with van der Waals surface area (Å²) < 4.78 is 26.8. The van der Waals surface area contributed by atoms with Gasteiger partial charge in [0.15, 0.2) is 0 Å². The summed E-state index contributed by atoms with van der Waals surface area (Å²) in [6, 6.07) is 12.0. The molecule has 150 valence electrons. The van der Waals surface area contributed by atoms with Crippen molar-refractivity contribution in [3.8, 4) is 0 Å². The summed E-state index contributed by atoms with van der Waals surface area (Å²) >= 11 is 5.99. The first-order valence-corrected chi connectivity index (χ1v) is 11.1. The Morgan fingerprint density at radius 1 is 1.07 bits per heavy atom. The second kappa shape index (κ2) is 8.61. The molecule has 1 amide bonds. The van der Waals surface area contributed by atoms with Crippen molar-refractivity contribution in [2.24, 2.45) is 0 Å². The van der Waals surface area contributed by atoms with E-state index < -0.39 is 10.0 Å². The van der Waals surface area contributed by atoms with Gasteiger partial charge < -0.3 is 10.2 Å². The average Bonchev–Trinajstić information content (AvgIpc) is 2.65. The molecule has 8 heteroatoms. The number of hydrogen-bond acceptors (Lipinski definition) is 4. The van der Waals surface area contributed by atoms with Gasteiger partial charge in [0.2, 0.25) is 10.0 Å². The van der Waals surface area contributed by atoms with E-state index in [0.29, 0.717) is 34.9 Å². The van der Waals surface area contributed by atoms with E-state index in [4.69, 9.17) is 11.6 Å². The molecule has 1 aliphatic heterocycles. The van der Waals surface area contributed by atoms with Crippen LogP contribution in [0.25, 0.3) is 0 Å². The van der Waals surface area contributed by atoms with Gasteiger partial charge in [-0.25, -0.2) is 8.42 Å². The lowest BCUT2D eigenvalue weighted by Gasteiger charge is -2.31. The Morgan fingerprint density at radius 2 is 1.71 bits per heavy atom. The normalized spacial score (nSPS) is 16.1. The largest absolute Gasteiger partial charge is 0.322 e. The first-order valence-electron chi connectivity index (χ1n) is 9.07. The topological polar surface area (TPSA) is 69.7 Å². The number of sulfonamides is 1. The van der Waals surface area contributed by atoms with Crippen LogP contribution < -0.4 is 5.32 Å². The summed E-state index contributed by atoms with van der Waals surface area (Å²) in [5.41, 5.74) is 2.68. The number of halogens is 1. The minimum Gasteiger partial charge on any atom is -0.322 e. The molecule has 1 heterocycles. The molecule has 2 aromatic carbocycles. The van der Waals surface area contributed by atoms with Crippen molar-refractivity contribution in [2.75, 3.05) is 38.5 Å². The fourth-order valence-corrected chi connectivity index (χ4v) is 4.73. The van der Waals surface area contributed by atoms with Gasteiger partial charge in [0.1, 0.15) is 0 Å². The minimum absolute atomic E-state index is 0.0635. The number of aryl methyl sites for hydroxylation is 1. The molecule has 1 aliphatic rings. The van der Waals surface area contributed by atoms with Crippen molar-refractivity contribution < 1.29 is 13.2 Å². The number of carbonyl (C=O) groups excluding carboxylic acids is 1. The van der Waals surface area contributed by atoms with Crippen LogP contribution in [-0.4, -0.2) is 56.8 Å². The summed E-state index contributed by atoms with van der Waals surface area (Å²) in [5.74, 6) is -0.328. The molecule has 1 N–H and O–H groups in total. The van der Waals surface area contributed by atoms with Crippen molar-refractivity contribution >= 4 is 33.2 Å². The van der Waals surface area contributed by atoms with E-state index in [1.165, 1.54) is 4.31 Å². The number of benzene rings is 2. The Balaban J connectivity index is 1.66. The monoisotopic (exact) mass is 421 g/mol. The molecule has 6 nitrogen and oxygen atoms in total. The zero-order valence-electron chi connectivity index (χ0n) is 16.0. The molecule has 0 radical (unpaired) electrons. The van der Waals surface area contributed by atoms with E-state index in [1.54, 1.807) is 36.4 Å². The standard InChI is InChI=1S/C20H24ClN3O3S/c1-15-3-8-18(21)13-19(15)22-20(25)17-6-4-16(5-7-17)14-28(26,27)24-11-9-23(2)10-12-24/h3-8,13H,9-12,14H2,1-2H3,(H,22,25). The van der Waals surface area contributed by atoms with E-state index >= 15 is 0 Å². The van der Waals surface area contributed by atoms with Crippen LogP contribution in [0.5, 0.6) is 0 Å². The molecule has 2 aromatic rings. The second-order valence-corrected chi connectivity index (χ2v) is 9.47. The number of likely N-dealkylation sites (N-methyl/N-ethyl adjacent to an activating group) is 1. The molecule has 3 rings (SSSR count). The van der Waals surface area contributed by atoms with E-state index in [0.717, 1.165) is 18.7 Å². The highest BCUT2D eigenvalue weighted by Gasteiger charge is 2.25. The van der Waals surface area contributed by atoms with Crippen molar-refractivity contribution in [3.05, 3.63) is 64.2 Å². The second-order valence-electron chi connectivity index (χ2n) is 7.07. The summed E-state index contributed by atoms with van der Waals surface area (Å²) in [7, 11) is -1.38. The van der Waals surface area contributed by atoms with Gasteiger partial charge in [0.25, 0.3) is 5.91 Å². The first-order chi connectivity index (χ1) is 13.2. The number of anilines is 1. The zero-order chi connectivity index (χ0) is 20.3. The summed E-state index contributed by atoms with van der Waals surface area (Å²) in [6.45, 7) is 4.39. The van der Waals surface area contributed by atoms with Crippen LogP contribution in [0.15, 0.2) is 42.5 Å². The molecular formula is C20H24ClN3O3S. The Kier molecular flexibility index (Phi) is 6.40. The fraction of sp³-hybridized carbons (Fsp3) is 0.350. The third kappa shape index (κ3) is 5.11. The minimum atomic E-state index is -3.36. The number of rotatable bonds is 5. The highest BCUT2D eigenvalue weighted by atomic mass is 35.5. The lowest BCUT2D eigenvalue weighted by molar-refractivity contribution is 0.102. The van der Waals surface area contributed by atoms with E-state index in [-0.39, 0.29) is 11.7 Å². The lowest BCUT2D eigenvalue weighted by Crippen LogP contribution is -2.47. The van der Waals surface area contributed by atoms with Crippen LogP contribution in [0.3, 0.4) is 0 Å². The third-order valence-electron chi connectivity index (χ3n) is 4.87. The van der Waals surface area contributed by atoms with Gasteiger partial charge in [-0.05, 0) is 49.4 Å². The average molecular weight is 422 g/mol. The molecule has 0 aromatic heterocycles. The first kappa shape index (κ1) is 20.8. The lowest BCUT2D eigenvalue weighted by atomic mass is 10.1. The molecule has 0 bridgehead atoms. The number of amides is 1. The van der Waals surface area contributed by atoms with Crippen LogP contribution in [0.4, 0.5) is 5.69 Å². The Labute approximate surface area is 171 Å². The van der Waals surface area contributed by atoms with Crippen LogP contribution in [0.2, 0.25) is 5.02 Å². The summed E-state index contributed by atoms with van der Waals surface area (Å²) in [4.78, 5) is 14.6. The van der Waals surface area contributed by atoms with E-state index in [1.807, 2.05) is 20.0 Å². The zero-order valence-corrected chi connectivity index (χ0v) is 17.6. The predicted molar refractivity (Wildman–Crippen MR) is 112 cm³/mol. The molecule has 1 fully saturated rings. The van der Waals surface area contributed by atoms with Crippen molar-refractivity contribution in [1.29, 1.82) is 0 Å². The molecule has 28 heavy (non-hydrogen) atoms. The van der Waals surface area contributed by atoms with Gasteiger partial charge in [0, 0.05) is 42.5 Å². The quantitative estimate of drug-likeness (QED) is 0.805. The van der Waals surface area contributed by atoms with Gasteiger partial charge in [-0.1, -0.05) is 29.8 Å². The summed E-state index contributed by atoms with van der Waals surface area (Å²) in [6.07, 6.45) is 0. The molecule has 0 saturated carbocycles. The maximum absolute atomic E-state index is 12.6. The highest BCUT2D eigenvalue weighted by molar-refractivity contribution is 7.88. The molecule has 1 saturated heterocycles. The van der Waals surface area contributed by atoms with E-state index in [9.17, 15) is 13.2 Å². The molecule has 0 spiro atoms. The summed E-state index contributed by atoms with van der Waals surface area (Å²) in [5, 5.41) is 3.38. The predicted octanol–water partition coefficient (Wildman–Crippen LogP) is 2.98. The number of piperazine rings is 1. The van der Waals surface area contributed by atoms with Crippen molar-refractivity contribution in [2.45, 2.75) is 12.7 Å². The van der Waals surface area contributed by atoms with Gasteiger partial charge in [0.05, 0.1) is 5.75 Å². The third-order valence-corrected chi connectivity index (χ3v) is 6.95. The molecular weight excluding hydrogens is 398 g/mol. The van der Waals surface area contributed by atoms with Crippen LogP contribution in [-0.2, 0) is 15.8 Å². The molecule has 0 unspecified atom stereocenters. The SMILES string of the molecule is Cc1ccc(Cl)cc1NC(=O)c1ccc(CS(=O)(=O)N2CCN(C)CC2)cc1. The molecule has 0 atom stereocenters. The maximum atomic E-state index is 12.6. The maximum Gasteiger partial charge on any atom is 0.255 e. The van der Waals surface area contributed by atoms with E-state index in [2.05, 4.69) is 10.2 Å².